The average Bonchev–Trinajstić information content (AvgIpc) is 3.19. The number of non-ortho nitro benzene ring substituents is 1. The molecule has 0 saturated heterocycles. The molecule has 2 aliphatic rings. The number of rotatable bonds is 6. The maximum atomic E-state index is 10.8. The molecule has 5 nitrogen and oxygen atoms in total. The molecule has 2 aromatic carbocycles. The largest absolute Gasteiger partial charge is 0.353 e. The smallest absolute Gasteiger partial charge is 0.269 e. The molecule has 3 aromatic rings. The SMILES string of the molecule is O=[N+]([O-])c1ccc(CC[NH2+][C@@H]2CCCc3c2[nH]c2ccc(C4CCCCC4)cc32)cc1. The topological polar surface area (TPSA) is 75.5 Å². The van der Waals surface area contributed by atoms with Crippen molar-refractivity contribution in [1.29, 1.82) is 0 Å². The molecule has 5 rings (SSSR count). The summed E-state index contributed by atoms with van der Waals surface area (Å²) in [6.07, 6.45) is 11.4. The molecular weight excluding hydrogens is 386 g/mol. The number of fused-ring (bicyclic) bond motifs is 3. The molecule has 0 radical (unpaired) electrons. The second-order valence-electron chi connectivity index (χ2n) is 9.35. The summed E-state index contributed by atoms with van der Waals surface area (Å²) >= 11 is 0. The van der Waals surface area contributed by atoms with Gasteiger partial charge in [-0.15, -0.1) is 0 Å². The number of benzene rings is 2. The van der Waals surface area contributed by atoms with Crippen LogP contribution in [0.3, 0.4) is 0 Å². The number of nitrogens with zero attached hydrogens (tertiary/aromatic N) is 1. The van der Waals surface area contributed by atoms with Crippen LogP contribution in [0.2, 0.25) is 0 Å². The van der Waals surface area contributed by atoms with Crippen molar-refractivity contribution >= 4 is 16.6 Å². The monoisotopic (exact) mass is 418 g/mol. The van der Waals surface area contributed by atoms with Crippen LogP contribution < -0.4 is 5.32 Å². The molecule has 3 N–H and O–H groups in total. The Hall–Kier alpha value is -2.66. The lowest BCUT2D eigenvalue weighted by molar-refractivity contribution is -0.697. The van der Waals surface area contributed by atoms with Crippen LogP contribution in [0.25, 0.3) is 10.9 Å². The second kappa shape index (κ2) is 8.83. The van der Waals surface area contributed by atoms with E-state index in [0.29, 0.717) is 6.04 Å². The molecule has 162 valence electrons. The quantitative estimate of drug-likeness (QED) is 0.421. The molecule has 0 amide bonds. The fourth-order valence-corrected chi connectivity index (χ4v) is 5.68. The molecule has 2 aliphatic carbocycles. The number of quaternary nitrogens is 1. The maximum absolute atomic E-state index is 10.8. The van der Waals surface area contributed by atoms with Crippen molar-refractivity contribution in [2.45, 2.75) is 69.7 Å². The van der Waals surface area contributed by atoms with Crippen molar-refractivity contribution in [1.82, 2.24) is 4.98 Å². The van der Waals surface area contributed by atoms with E-state index in [9.17, 15) is 10.1 Å². The highest BCUT2D eigenvalue weighted by atomic mass is 16.6. The predicted octanol–water partition coefficient (Wildman–Crippen LogP) is 5.31. The van der Waals surface area contributed by atoms with Crippen molar-refractivity contribution in [3.8, 4) is 0 Å². The molecule has 1 saturated carbocycles. The highest BCUT2D eigenvalue weighted by Gasteiger charge is 2.27. The van der Waals surface area contributed by atoms with Crippen LogP contribution in [-0.4, -0.2) is 16.5 Å². The van der Waals surface area contributed by atoms with Gasteiger partial charge in [-0.05, 0) is 60.4 Å². The van der Waals surface area contributed by atoms with E-state index in [1.807, 2.05) is 12.1 Å². The Morgan fingerprint density at radius 1 is 1.00 bits per heavy atom. The van der Waals surface area contributed by atoms with E-state index in [1.165, 1.54) is 73.5 Å². The molecule has 0 unspecified atom stereocenters. The van der Waals surface area contributed by atoms with Crippen LogP contribution in [0, 0.1) is 10.1 Å². The van der Waals surface area contributed by atoms with Gasteiger partial charge in [0.2, 0.25) is 0 Å². The van der Waals surface area contributed by atoms with Crippen molar-refractivity contribution in [2.24, 2.45) is 0 Å². The zero-order valence-corrected chi connectivity index (χ0v) is 18.1. The van der Waals surface area contributed by atoms with Gasteiger partial charge in [0.1, 0.15) is 6.04 Å². The molecule has 1 heterocycles. The summed E-state index contributed by atoms with van der Waals surface area (Å²) in [5, 5.41) is 14.7. The molecule has 0 bridgehead atoms. The first-order valence-electron chi connectivity index (χ1n) is 11.9. The fraction of sp³-hybridized carbons (Fsp3) is 0.462. The first-order valence-corrected chi connectivity index (χ1v) is 11.9. The number of nitro groups is 1. The van der Waals surface area contributed by atoms with E-state index in [-0.39, 0.29) is 10.6 Å². The summed E-state index contributed by atoms with van der Waals surface area (Å²) < 4.78 is 0. The number of nitro benzene ring substituents is 1. The minimum absolute atomic E-state index is 0.162. The molecular formula is C26H32N3O2+. The van der Waals surface area contributed by atoms with Crippen LogP contribution >= 0.6 is 0 Å². The fourth-order valence-electron chi connectivity index (χ4n) is 5.68. The van der Waals surface area contributed by atoms with Gasteiger partial charge < -0.3 is 10.3 Å². The van der Waals surface area contributed by atoms with E-state index in [4.69, 9.17) is 0 Å². The number of H-pyrrole nitrogens is 1. The third kappa shape index (κ3) is 4.24. The Labute approximate surface area is 183 Å². The van der Waals surface area contributed by atoms with Gasteiger partial charge in [-0.1, -0.05) is 37.5 Å². The van der Waals surface area contributed by atoms with Crippen LogP contribution in [0.4, 0.5) is 5.69 Å². The summed E-state index contributed by atoms with van der Waals surface area (Å²) in [4.78, 5) is 14.3. The Bertz CT molecular complexity index is 1060. The van der Waals surface area contributed by atoms with Crippen LogP contribution in [-0.2, 0) is 12.8 Å². The number of aromatic nitrogens is 1. The van der Waals surface area contributed by atoms with Gasteiger partial charge in [0.15, 0.2) is 0 Å². The number of nitrogens with two attached hydrogens (primary N) is 1. The van der Waals surface area contributed by atoms with Gasteiger partial charge in [-0.2, -0.15) is 0 Å². The normalized spacial score (nSPS) is 19.4. The van der Waals surface area contributed by atoms with Gasteiger partial charge in [-0.3, -0.25) is 10.1 Å². The number of aryl methyl sites for hydroxylation is 1. The Morgan fingerprint density at radius 3 is 2.58 bits per heavy atom. The van der Waals surface area contributed by atoms with Crippen LogP contribution in [0.15, 0.2) is 42.5 Å². The van der Waals surface area contributed by atoms with Crippen LogP contribution in [0.5, 0.6) is 0 Å². The van der Waals surface area contributed by atoms with Crippen LogP contribution in [0.1, 0.15) is 79.3 Å². The summed E-state index contributed by atoms with van der Waals surface area (Å²) in [6.45, 7) is 0.991. The minimum atomic E-state index is -0.338. The van der Waals surface area contributed by atoms with Crippen molar-refractivity contribution in [3.05, 3.63) is 75.0 Å². The molecule has 5 heteroatoms. The number of hydrogen-bond donors (Lipinski definition) is 2. The predicted molar refractivity (Wildman–Crippen MR) is 123 cm³/mol. The van der Waals surface area contributed by atoms with Crippen molar-refractivity contribution < 1.29 is 10.2 Å². The Kier molecular flexibility index (Phi) is 5.77. The standard InChI is InChI=1S/C26H31N3O2/c30-29(31)21-12-9-18(10-13-21)15-16-27-25-8-4-7-22-23-17-20(19-5-2-1-3-6-19)11-14-24(23)28-26(22)25/h9-14,17,19,25,27-28H,1-8,15-16H2/p+1/t25-/m1/s1. The Balaban J connectivity index is 1.29. The first kappa shape index (κ1) is 20.3. The lowest BCUT2D eigenvalue weighted by atomic mass is 9.83. The third-order valence-electron chi connectivity index (χ3n) is 7.38. The van der Waals surface area contributed by atoms with E-state index >= 15 is 0 Å². The molecule has 31 heavy (non-hydrogen) atoms. The lowest BCUT2D eigenvalue weighted by Crippen LogP contribution is -2.86. The maximum Gasteiger partial charge on any atom is 0.269 e. The zero-order valence-electron chi connectivity index (χ0n) is 18.1. The average molecular weight is 419 g/mol. The number of nitrogens with one attached hydrogen (secondary N) is 1. The number of aromatic amines is 1. The zero-order chi connectivity index (χ0) is 21.2. The van der Waals surface area contributed by atoms with Gasteiger partial charge in [0.25, 0.3) is 5.69 Å². The first-order chi connectivity index (χ1) is 15.2. The second-order valence-corrected chi connectivity index (χ2v) is 9.35. The molecule has 1 atom stereocenters. The molecule has 1 fully saturated rings. The van der Waals surface area contributed by atoms with Gasteiger partial charge in [0, 0.05) is 35.9 Å². The van der Waals surface area contributed by atoms with Crippen molar-refractivity contribution in [2.75, 3.05) is 6.54 Å². The molecule has 0 aliphatic heterocycles. The minimum Gasteiger partial charge on any atom is -0.353 e. The van der Waals surface area contributed by atoms with E-state index in [1.54, 1.807) is 17.7 Å². The van der Waals surface area contributed by atoms with Gasteiger partial charge >= 0.3 is 0 Å². The van der Waals surface area contributed by atoms with Gasteiger partial charge in [0.05, 0.1) is 17.2 Å². The summed E-state index contributed by atoms with van der Waals surface area (Å²) in [7, 11) is 0. The third-order valence-corrected chi connectivity index (χ3v) is 7.38. The summed E-state index contributed by atoms with van der Waals surface area (Å²) in [5.41, 5.74) is 7.11. The summed E-state index contributed by atoms with van der Waals surface area (Å²) in [6, 6.07) is 14.6. The highest BCUT2D eigenvalue weighted by molar-refractivity contribution is 5.86. The summed E-state index contributed by atoms with van der Waals surface area (Å²) in [5.74, 6) is 0.747. The highest BCUT2D eigenvalue weighted by Crippen LogP contribution is 2.37. The Morgan fingerprint density at radius 2 is 1.81 bits per heavy atom. The van der Waals surface area contributed by atoms with E-state index < -0.39 is 0 Å². The molecule has 1 aromatic heterocycles. The molecule has 0 spiro atoms. The van der Waals surface area contributed by atoms with E-state index in [2.05, 4.69) is 28.5 Å². The van der Waals surface area contributed by atoms with Crippen molar-refractivity contribution in [3.63, 3.8) is 0 Å². The van der Waals surface area contributed by atoms with E-state index in [0.717, 1.165) is 24.4 Å². The number of hydrogen-bond acceptors (Lipinski definition) is 2. The van der Waals surface area contributed by atoms with Gasteiger partial charge in [-0.25, -0.2) is 0 Å². The lowest BCUT2D eigenvalue weighted by Gasteiger charge is -2.22.